The molecule has 2 rings (SSSR count). The zero-order valence-electron chi connectivity index (χ0n) is 17.0. The van der Waals surface area contributed by atoms with Crippen LogP contribution in [-0.2, 0) is 16.2 Å². The summed E-state index contributed by atoms with van der Waals surface area (Å²) in [4.78, 5) is 28.8. The fourth-order valence-corrected chi connectivity index (χ4v) is 2.58. The maximum Gasteiger partial charge on any atom is 0.412 e. The van der Waals surface area contributed by atoms with E-state index in [0.717, 1.165) is 0 Å². The van der Waals surface area contributed by atoms with Crippen molar-refractivity contribution in [2.75, 3.05) is 5.32 Å². The smallest absolute Gasteiger partial charge is 0.412 e. The van der Waals surface area contributed by atoms with Crippen molar-refractivity contribution >= 4 is 17.5 Å². The number of amides is 1. The number of para-hydroxylation sites is 1. The van der Waals surface area contributed by atoms with Crippen molar-refractivity contribution < 1.29 is 24.7 Å². The number of hydrogen-bond acceptors (Lipinski definition) is 7. The third-order valence-electron chi connectivity index (χ3n) is 3.80. The molecule has 9 nitrogen and oxygen atoms in total. The van der Waals surface area contributed by atoms with Crippen LogP contribution in [0.2, 0.25) is 0 Å². The van der Waals surface area contributed by atoms with Gasteiger partial charge in [-0.1, -0.05) is 23.4 Å². The van der Waals surface area contributed by atoms with E-state index in [-0.39, 0.29) is 22.6 Å². The molecule has 0 unspecified atom stereocenters. The molecule has 2 aromatic rings. The van der Waals surface area contributed by atoms with E-state index in [0.29, 0.717) is 16.8 Å². The number of carbonyl (C=O) groups excluding carboxylic acids is 1. The molecule has 3 N–H and O–H groups in total. The van der Waals surface area contributed by atoms with Gasteiger partial charge < -0.3 is 19.9 Å². The summed E-state index contributed by atoms with van der Waals surface area (Å²) in [6, 6.07) is 8.18. The fraction of sp³-hybridized carbons (Fsp3) is 0.350. The molecule has 0 aliphatic rings. The summed E-state index contributed by atoms with van der Waals surface area (Å²) < 4.78 is 5.39. The van der Waals surface area contributed by atoms with Gasteiger partial charge in [0.25, 0.3) is 5.56 Å². The van der Waals surface area contributed by atoms with Crippen molar-refractivity contribution in [3.8, 4) is 5.88 Å². The van der Waals surface area contributed by atoms with Gasteiger partial charge in [-0.15, -0.1) is 4.73 Å². The lowest BCUT2D eigenvalue weighted by Crippen LogP contribution is -2.27. The lowest BCUT2D eigenvalue weighted by Gasteiger charge is -2.20. The number of aromatic nitrogens is 1. The number of pyridine rings is 1. The van der Waals surface area contributed by atoms with Crippen LogP contribution in [0, 0.1) is 6.92 Å². The van der Waals surface area contributed by atoms with Crippen LogP contribution in [0.1, 0.15) is 44.4 Å². The molecule has 0 fully saturated rings. The molecule has 0 radical (unpaired) electrons. The van der Waals surface area contributed by atoms with Crippen LogP contribution in [0.25, 0.3) is 0 Å². The first-order valence-corrected chi connectivity index (χ1v) is 8.89. The highest BCUT2D eigenvalue weighted by atomic mass is 16.6. The van der Waals surface area contributed by atoms with Crippen molar-refractivity contribution in [2.45, 2.75) is 46.8 Å². The Hall–Kier alpha value is -3.49. The van der Waals surface area contributed by atoms with E-state index < -0.39 is 23.1 Å². The molecule has 0 atom stereocenters. The summed E-state index contributed by atoms with van der Waals surface area (Å²) >= 11 is 0. The minimum atomic E-state index is -0.750. The topological polar surface area (TPSA) is 122 Å². The van der Waals surface area contributed by atoms with E-state index in [1.807, 2.05) is 0 Å². The molecule has 1 aromatic carbocycles. The molecule has 0 bridgehead atoms. The molecule has 0 saturated carbocycles. The summed E-state index contributed by atoms with van der Waals surface area (Å²) in [5, 5.41) is 26.2. The second-order valence-corrected chi connectivity index (χ2v) is 7.41. The Morgan fingerprint density at radius 3 is 2.59 bits per heavy atom. The van der Waals surface area contributed by atoms with E-state index in [9.17, 15) is 19.9 Å². The molecule has 1 aromatic heterocycles. The van der Waals surface area contributed by atoms with E-state index in [2.05, 4.69) is 10.5 Å². The number of aromatic hydroxyl groups is 1. The number of aryl methyl sites for hydroxylation is 1. The molecule has 29 heavy (non-hydrogen) atoms. The Bertz CT molecular complexity index is 989. The molecule has 0 saturated heterocycles. The zero-order valence-corrected chi connectivity index (χ0v) is 17.0. The maximum atomic E-state index is 12.0. The molecule has 0 spiro atoms. The summed E-state index contributed by atoms with van der Waals surface area (Å²) in [5.74, 6) is -0.619. The maximum absolute atomic E-state index is 12.0. The van der Waals surface area contributed by atoms with Crippen LogP contribution >= 0.6 is 0 Å². The monoisotopic (exact) mass is 403 g/mol. The van der Waals surface area contributed by atoms with Crippen LogP contribution < -0.4 is 10.9 Å². The number of nitrogens with one attached hydrogen (secondary N) is 1. The predicted molar refractivity (Wildman–Crippen MR) is 108 cm³/mol. The number of benzene rings is 1. The SMILES string of the molecule is CC(=NOCc1ccccc1NC(=O)OC(C)(C)C)c1c(C)cc(=O)n(O)c1O. The Kier molecular flexibility index (Phi) is 6.53. The molecular weight excluding hydrogens is 378 g/mol. The van der Waals surface area contributed by atoms with Gasteiger partial charge in [0, 0.05) is 11.6 Å². The Morgan fingerprint density at radius 2 is 1.93 bits per heavy atom. The molecular formula is C20H25N3O6. The summed E-state index contributed by atoms with van der Waals surface area (Å²) in [6.07, 6.45) is -0.588. The van der Waals surface area contributed by atoms with Gasteiger partial charge in [-0.2, -0.15) is 0 Å². The fourth-order valence-electron chi connectivity index (χ4n) is 2.58. The molecule has 9 heteroatoms. The van der Waals surface area contributed by atoms with E-state index in [1.54, 1.807) is 58.9 Å². The van der Waals surface area contributed by atoms with E-state index in [1.165, 1.54) is 6.07 Å². The third kappa shape index (κ3) is 5.74. The Labute approximate surface area is 168 Å². The predicted octanol–water partition coefficient (Wildman–Crippen LogP) is 3.39. The average Bonchev–Trinajstić information content (AvgIpc) is 2.59. The number of ether oxygens (including phenoxy) is 1. The van der Waals surface area contributed by atoms with E-state index >= 15 is 0 Å². The van der Waals surface area contributed by atoms with Gasteiger partial charge in [-0.3, -0.25) is 10.1 Å². The van der Waals surface area contributed by atoms with Crippen molar-refractivity contribution in [1.29, 1.82) is 0 Å². The first kappa shape index (κ1) is 21.8. The van der Waals surface area contributed by atoms with Crippen molar-refractivity contribution in [2.24, 2.45) is 5.16 Å². The highest BCUT2D eigenvalue weighted by molar-refractivity contribution is 6.01. The van der Waals surface area contributed by atoms with Crippen LogP contribution in [0.3, 0.4) is 0 Å². The highest BCUT2D eigenvalue weighted by Gasteiger charge is 2.18. The normalized spacial score (nSPS) is 11.8. The molecule has 1 heterocycles. The van der Waals surface area contributed by atoms with Crippen LogP contribution in [-0.4, -0.2) is 32.5 Å². The second-order valence-electron chi connectivity index (χ2n) is 7.41. The van der Waals surface area contributed by atoms with Crippen molar-refractivity contribution in [1.82, 2.24) is 4.73 Å². The highest BCUT2D eigenvalue weighted by Crippen LogP contribution is 2.20. The number of anilines is 1. The van der Waals surface area contributed by atoms with Crippen LogP contribution in [0.4, 0.5) is 10.5 Å². The van der Waals surface area contributed by atoms with Crippen molar-refractivity contribution in [3.63, 3.8) is 0 Å². The van der Waals surface area contributed by atoms with Crippen LogP contribution in [0.5, 0.6) is 5.88 Å². The largest absolute Gasteiger partial charge is 0.492 e. The number of rotatable bonds is 5. The van der Waals surface area contributed by atoms with E-state index in [4.69, 9.17) is 9.57 Å². The average molecular weight is 403 g/mol. The quantitative estimate of drug-likeness (QED) is 0.400. The first-order chi connectivity index (χ1) is 13.5. The molecule has 1 amide bonds. The van der Waals surface area contributed by atoms with Crippen molar-refractivity contribution in [3.05, 3.63) is 57.4 Å². The van der Waals surface area contributed by atoms with Gasteiger partial charge in [0.05, 0.1) is 17.0 Å². The molecule has 0 aliphatic carbocycles. The Morgan fingerprint density at radius 1 is 1.28 bits per heavy atom. The van der Waals surface area contributed by atoms with Gasteiger partial charge in [0.15, 0.2) is 0 Å². The summed E-state index contributed by atoms with van der Waals surface area (Å²) in [7, 11) is 0. The van der Waals surface area contributed by atoms with Gasteiger partial charge in [-0.25, -0.2) is 4.79 Å². The third-order valence-corrected chi connectivity index (χ3v) is 3.80. The van der Waals surface area contributed by atoms with Gasteiger partial charge in [0.2, 0.25) is 5.88 Å². The van der Waals surface area contributed by atoms with Crippen LogP contribution in [0.15, 0.2) is 40.3 Å². The number of carbonyl (C=O) groups is 1. The zero-order chi connectivity index (χ0) is 21.8. The molecule has 0 aliphatic heterocycles. The van der Waals surface area contributed by atoms with Gasteiger partial charge in [-0.05, 0) is 46.2 Å². The molecule has 156 valence electrons. The lowest BCUT2D eigenvalue weighted by atomic mass is 10.1. The van der Waals surface area contributed by atoms with Gasteiger partial charge >= 0.3 is 6.09 Å². The first-order valence-electron chi connectivity index (χ1n) is 8.89. The minimum absolute atomic E-state index is 0.0296. The number of hydrogen-bond donors (Lipinski definition) is 3. The standard InChI is InChI=1S/C20H25N3O6/c1-12-10-16(24)23(27)18(25)17(12)13(2)22-28-11-14-8-6-7-9-15(14)21-19(26)29-20(3,4)5/h6-10,25,27H,11H2,1-5H3,(H,21,26). The second kappa shape index (κ2) is 8.68. The van der Waals surface area contributed by atoms with Gasteiger partial charge in [0.1, 0.15) is 12.2 Å². The lowest BCUT2D eigenvalue weighted by molar-refractivity contribution is 0.0635. The summed E-state index contributed by atoms with van der Waals surface area (Å²) in [5.41, 5.74) is 0.683. The summed E-state index contributed by atoms with van der Waals surface area (Å²) in [6.45, 7) is 8.51. The number of oxime groups is 1. The Balaban J connectivity index is 2.14. The number of nitrogens with zero attached hydrogens (tertiary/aromatic N) is 2. The minimum Gasteiger partial charge on any atom is -0.492 e.